The Morgan fingerprint density at radius 2 is 1.29 bits per heavy atom. The number of aliphatic hydroxyl groups is 1. The fraction of sp³-hybridized carbons (Fsp3) is 0.500. The molecule has 0 fully saturated rings. The quantitative estimate of drug-likeness (QED) is 0.0254. The van der Waals surface area contributed by atoms with Crippen LogP contribution in [0.1, 0.15) is 29.3 Å². The Hall–Kier alpha value is -1.36. The first kappa shape index (κ1) is 50.5. The van der Waals surface area contributed by atoms with E-state index in [1.165, 1.54) is 14.2 Å². The van der Waals surface area contributed by atoms with Gasteiger partial charge in [-0.15, -0.1) is 0 Å². The number of carbonyl (C=O) groups is 3. The number of rotatable bonds is 13. The number of aliphatic hydroxyl groups excluding tert-OH is 1. The maximum atomic E-state index is 11.8. The summed E-state index contributed by atoms with van der Waals surface area (Å²) < 4.78 is 28.9. The van der Waals surface area contributed by atoms with Crippen LogP contribution in [0.15, 0.2) is 0 Å². The van der Waals surface area contributed by atoms with Crippen molar-refractivity contribution in [2.45, 2.75) is 6.92 Å². The molecule has 0 bridgehead atoms. The molecule has 0 spiro atoms. The monoisotopic (exact) mass is 724 g/mol. The molecule has 0 radical (unpaired) electrons. The van der Waals surface area contributed by atoms with Crippen LogP contribution in [-0.2, 0) is 33.4 Å². The van der Waals surface area contributed by atoms with Crippen molar-refractivity contribution in [3.63, 3.8) is 0 Å². The minimum atomic E-state index is -0.722. The van der Waals surface area contributed by atoms with Crippen LogP contribution in [0.25, 0.3) is 0 Å². The third kappa shape index (κ3) is 23.6. The van der Waals surface area contributed by atoms with Gasteiger partial charge in [-0.3, -0.25) is 4.79 Å². The molecule has 0 amide bonds. The minimum Gasteiger partial charge on any atom is -1.00 e. The summed E-state index contributed by atoms with van der Waals surface area (Å²) >= 11 is 16.8. The van der Waals surface area contributed by atoms with Crippen LogP contribution < -0.4 is 80.6 Å². The Morgan fingerprint density at radius 3 is 1.73 bits per heavy atom. The van der Waals surface area contributed by atoms with E-state index in [0.717, 1.165) is 0 Å². The molecule has 2 aromatic rings. The standard InChI is InChI=1S/C11H16ClN3O5.C7H7Cl2N3O2.C3H8O2.CH2O3.2Na.H/c1-17-3-5-19-9-7(13)8(14-11(12)15-9)10(16)20-6-4-18-2;1-2-14-6(13)4-3(10)5(8)12-7(9)11-4;1-5-3-2-4;2-1-4-3;;;/h3-6,13H2,1-2H3;2,10H2,1H3;4H,2-3H2,1H3;1,3H;;;/q;;;;2*+1;-1/p-1. The number of hydrogen-bond donors (Lipinski definition) is 3. The van der Waals surface area contributed by atoms with E-state index in [4.69, 9.17) is 85.1 Å². The van der Waals surface area contributed by atoms with Crippen LogP contribution in [-0.4, -0.2) is 111 Å². The second-order valence-electron chi connectivity index (χ2n) is 6.71. The van der Waals surface area contributed by atoms with E-state index in [-0.39, 0.29) is 144 Å². The van der Waals surface area contributed by atoms with Gasteiger partial charge >= 0.3 is 71.1 Å². The van der Waals surface area contributed by atoms with Gasteiger partial charge in [0.05, 0.1) is 33.0 Å². The van der Waals surface area contributed by atoms with Crippen LogP contribution in [0.3, 0.4) is 0 Å². The van der Waals surface area contributed by atoms with Gasteiger partial charge in [-0.25, -0.2) is 24.5 Å². The number of hydrogen-bond acceptors (Lipinski definition) is 18. The topological polar surface area (TPSA) is 263 Å². The Kier molecular flexibility index (Phi) is 36.6. The summed E-state index contributed by atoms with van der Waals surface area (Å²) in [6.45, 7) is 3.17. The van der Waals surface area contributed by atoms with E-state index >= 15 is 0 Å². The van der Waals surface area contributed by atoms with E-state index in [1.807, 2.05) is 0 Å². The van der Waals surface area contributed by atoms with Gasteiger partial charge in [-0.1, -0.05) is 11.6 Å². The smallest absolute Gasteiger partial charge is 1.00 e. The van der Waals surface area contributed by atoms with Gasteiger partial charge in [0.2, 0.25) is 16.4 Å². The first-order valence-corrected chi connectivity index (χ1v) is 12.7. The second-order valence-corrected chi connectivity index (χ2v) is 7.74. The number of esters is 2. The molecule has 0 saturated carbocycles. The molecule has 2 rings (SSSR count). The van der Waals surface area contributed by atoms with Crippen molar-refractivity contribution in [3.05, 3.63) is 27.1 Å². The molecule has 18 nitrogen and oxygen atoms in total. The molecule has 2 aromatic heterocycles. The fourth-order valence-corrected chi connectivity index (χ4v) is 2.60. The zero-order valence-corrected chi connectivity index (χ0v) is 31.8. The molecule has 0 unspecified atom stereocenters. The zero-order valence-electron chi connectivity index (χ0n) is 26.5. The van der Waals surface area contributed by atoms with E-state index in [9.17, 15) is 9.59 Å². The molecule has 45 heavy (non-hydrogen) atoms. The van der Waals surface area contributed by atoms with Crippen LogP contribution in [0.2, 0.25) is 15.7 Å². The maximum Gasteiger partial charge on any atom is 1.00 e. The average molecular weight is 726 g/mol. The van der Waals surface area contributed by atoms with Crippen LogP contribution in [0.4, 0.5) is 11.4 Å². The Bertz CT molecular complexity index is 1120. The number of nitrogens with zero attached hydrogens (tertiary/aromatic N) is 4. The van der Waals surface area contributed by atoms with Crippen molar-refractivity contribution in [1.82, 2.24) is 19.9 Å². The molecular formula is C22H33Cl3N6Na2O12. The number of carbonyl (C=O) groups excluding carboxylic acids is 3. The van der Waals surface area contributed by atoms with Gasteiger partial charge in [0.25, 0.3) is 6.47 Å². The van der Waals surface area contributed by atoms with Crippen LogP contribution >= 0.6 is 34.8 Å². The van der Waals surface area contributed by atoms with E-state index in [2.05, 4.69) is 29.6 Å². The van der Waals surface area contributed by atoms with Crippen LogP contribution in [0.5, 0.6) is 5.88 Å². The Balaban J connectivity index is -0.000000188. The van der Waals surface area contributed by atoms with Crippen molar-refractivity contribution in [2.24, 2.45) is 0 Å². The first-order valence-electron chi connectivity index (χ1n) is 11.6. The predicted molar refractivity (Wildman–Crippen MR) is 151 cm³/mol. The Labute approximate surface area is 319 Å². The third-order valence-corrected chi connectivity index (χ3v) is 4.43. The van der Waals surface area contributed by atoms with Gasteiger partial charge < -0.3 is 56.6 Å². The van der Waals surface area contributed by atoms with Crippen molar-refractivity contribution >= 4 is 64.6 Å². The minimum absolute atomic E-state index is 0. The van der Waals surface area contributed by atoms with E-state index in [1.54, 1.807) is 14.0 Å². The van der Waals surface area contributed by atoms with Crippen molar-refractivity contribution in [2.75, 3.05) is 79.0 Å². The summed E-state index contributed by atoms with van der Waals surface area (Å²) in [5.41, 5.74) is 10.9. The summed E-state index contributed by atoms with van der Waals surface area (Å²) in [6.07, 6.45) is 0. The van der Waals surface area contributed by atoms with Crippen LogP contribution in [0, 0.1) is 0 Å². The maximum absolute atomic E-state index is 11.8. The summed E-state index contributed by atoms with van der Waals surface area (Å²) in [5.74, 6) is -1.38. The summed E-state index contributed by atoms with van der Waals surface area (Å²) in [4.78, 5) is 49.0. The molecule has 0 aromatic carbocycles. The zero-order chi connectivity index (χ0) is 33.2. The number of nitrogen functional groups attached to an aromatic ring is 2. The van der Waals surface area contributed by atoms with Gasteiger partial charge in [-0.05, 0) is 30.1 Å². The molecule has 23 heteroatoms. The first-order chi connectivity index (χ1) is 20.5. The molecule has 0 saturated heterocycles. The molecule has 0 aliphatic rings. The summed E-state index contributed by atoms with van der Waals surface area (Å²) in [7, 11) is 4.57. The third-order valence-electron chi connectivity index (χ3n) is 3.80. The SMILES string of the molecule is CCOC(=O)c1nc(Cl)nc(Cl)c1N.COCCO.COCCOC(=O)c1nc(Cl)nc(OCCOC)c1N.O=CO[O-].[H-].[Na+].[Na+]. The number of ether oxygens (including phenoxy) is 6. The fourth-order valence-electron chi connectivity index (χ4n) is 2.06. The molecule has 5 N–H and O–H groups in total. The number of aromatic nitrogens is 4. The van der Waals surface area contributed by atoms with Gasteiger partial charge in [0.15, 0.2) is 16.5 Å². The van der Waals surface area contributed by atoms with Crippen molar-refractivity contribution in [3.8, 4) is 5.88 Å². The summed E-state index contributed by atoms with van der Waals surface area (Å²) in [5, 5.41) is 16.0. The number of halogens is 3. The Morgan fingerprint density at radius 1 is 0.822 bits per heavy atom. The summed E-state index contributed by atoms with van der Waals surface area (Å²) in [6, 6.07) is 0. The predicted octanol–water partition coefficient (Wildman–Crippen LogP) is -5.74. The average Bonchev–Trinajstić information content (AvgIpc) is 2.98. The second kappa shape index (κ2) is 32.6. The van der Waals surface area contributed by atoms with E-state index < -0.39 is 11.9 Å². The van der Waals surface area contributed by atoms with Gasteiger partial charge in [0.1, 0.15) is 24.6 Å². The number of nitrogens with two attached hydrogens (primary N) is 2. The molecule has 0 atom stereocenters. The van der Waals surface area contributed by atoms with Gasteiger partial charge in [-0.2, -0.15) is 4.98 Å². The largest absolute Gasteiger partial charge is 1.00 e. The molecule has 0 aliphatic carbocycles. The molecule has 0 aliphatic heterocycles. The molecule has 2 heterocycles. The normalized spacial score (nSPS) is 9.09. The van der Waals surface area contributed by atoms with Crippen molar-refractivity contribution < 1.29 is 119 Å². The van der Waals surface area contributed by atoms with Crippen molar-refractivity contribution in [1.29, 1.82) is 0 Å². The number of anilines is 2. The van der Waals surface area contributed by atoms with Gasteiger partial charge in [0, 0.05) is 21.3 Å². The molecule has 246 valence electrons. The van der Waals surface area contributed by atoms with E-state index in [0.29, 0.717) is 13.2 Å². The number of methoxy groups -OCH3 is 3. The molecular weight excluding hydrogens is 693 g/mol.